The highest BCUT2D eigenvalue weighted by Crippen LogP contribution is 2.37. The minimum Gasteiger partial charge on any atom is -0.212 e. The van der Waals surface area contributed by atoms with Crippen molar-refractivity contribution in [2.24, 2.45) is 5.41 Å². The van der Waals surface area contributed by atoms with Crippen LogP contribution in [-0.4, -0.2) is 19.7 Å². The minimum atomic E-state index is -3.01. The number of nitrogens with one attached hydrogen (secondary N) is 1. The second-order valence-electron chi connectivity index (χ2n) is 4.37. The third kappa shape index (κ3) is 1.42. The third-order valence-electron chi connectivity index (χ3n) is 2.65. The monoisotopic (exact) mass is 177 g/mol. The van der Waals surface area contributed by atoms with Crippen molar-refractivity contribution in [1.29, 1.82) is 0 Å². The van der Waals surface area contributed by atoms with Crippen molar-refractivity contribution in [2.75, 3.05) is 5.75 Å². The normalized spacial score (nSPS) is 32.0. The summed E-state index contributed by atoms with van der Waals surface area (Å²) in [7, 11) is -3.01. The molecule has 0 atom stereocenters. The van der Waals surface area contributed by atoms with E-state index in [1.165, 1.54) is 0 Å². The van der Waals surface area contributed by atoms with Crippen LogP contribution in [0.25, 0.3) is 0 Å². The van der Waals surface area contributed by atoms with Crippen molar-refractivity contribution in [3.05, 3.63) is 0 Å². The molecule has 1 aliphatic rings. The molecule has 1 rings (SSSR count). The average Bonchev–Trinajstić information content (AvgIpc) is 1.66. The Bertz CT molecular complexity index is 242. The topological polar surface area (TPSA) is 46.2 Å². The molecular weight excluding hydrogens is 162 g/mol. The average molecular weight is 177 g/mol. The molecule has 0 aromatic heterocycles. The number of hydrogen-bond acceptors (Lipinski definition) is 2. The van der Waals surface area contributed by atoms with Crippen LogP contribution >= 0.6 is 0 Å². The standard InChI is InChI=1S/C7H15NO2S/c1-6(2)5-11(9,10)8-7(6,3)4/h8H,5H2,1-4H3. The lowest BCUT2D eigenvalue weighted by atomic mass is 9.77. The van der Waals surface area contributed by atoms with Gasteiger partial charge in [-0.1, -0.05) is 13.8 Å². The van der Waals surface area contributed by atoms with E-state index in [4.69, 9.17) is 0 Å². The van der Waals surface area contributed by atoms with Gasteiger partial charge in [0.25, 0.3) is 0 Å². The Hall–Kier alpha value is -0.0900. The van der Waals surface area contributed by atoms with Crippen molar-refractivity contribution in [3.8, 4) is 0 Å². The third-order valence-corrected chi connectivity index (χ3v) is 4.58. The first-order valence-electron chi connectivity index (χ1n) is 3.68. The largest absolute Gasteiger partial charge is 0.212 e. The molecule has 0 saturated carbocycles. The second-order valence-corrected chi connectivity index (χ2v) is 6.09. The van der Waals surface area contributed by atoms with Gasteiger partial charge in [0.1, 0.15) is 0 Å². The van der Waals surface area contributed by atoms with Gasteiger partial charge in [0.2, 0.25) is 10.0 Å². The first kappa shape index (κ1) is 9.00. The molecule has 0 radical (unpaired) electrons. The molecule has 0 unspecified atom stereocenters. The molecule has 0 aromatic rings. The zero-order chi connectivity index (χ0) is 8.91. The molecule has 1 aliphatic heterocycles. The summed E-state index contributed by atoms with van der Waals surface area (Å²) in [4.78, 5) is 0. The van der Waals surface area contributed by atoms with Gasteiger partial charge in [-0.3, -0.25) is 0 Å². The quantitative estimate of drug-likeness (QED) is 0.592. The van der Waals surface area contributed by atoms with Crippen LogP contribution in [0.4, 0.5) is 0 Å². The molecule has 1 saturated heterocycles. The summed E-state index contributed by atoms with van der Waals surface area (Å²) in [5, 5.41) is 0. The summed E-state index contributed by atoms with van der Waals surface area (Å²) >= 11 is 0. The molecular formula is C7H15NO2S. The van der Waals surface area contributed by atoms with Gasteiger partial charge in [-0.2, -0.15) is 0 Å². The molecule has 11 heavy (non-hydrogen) atoms. The Morgan fingerprint density at radius 3 is 1.73 bits per heavy atom. The van der Waals surface area contributed by atoms with Crippen LogP contribution < -0.4 is 4.72 Å². The summed E-state index contributed by atoms with van der Waals surface area (Å²) in [5.41, 5.74) is -0.488. The van der Waals surface area contributed by atoms with E-state index in [0.717, 1.165) is 0 Å². The molecule has 1 heterocycles. The van der Waals surface area contributed by atoms with Gasteiger partial charge in [-0.25, -0.2) is 13.1 Å². The van der Waals surface area contributed by atoms with E-state index in [9.17, 15) is 8.42 Å². The van der Waals surface area contributed by atoms with Crippen molar-refractivity contribution in [2.45, 2.75) is 33.2 Å². The molecule has 3 nitrogen and oxygen atoms in total. The number of hydrogen-bond donors (Lipinski definition) is 1. The Labute approximate surface area is 68.2 Å². The summed E-state index contributed by atoms with van der Waals surface area (Å²) < 4.78 is 24.9. The Kier molecular flexibility index (Phi) is 1.62. The van der Waals surface area contributed by atoms with Crippen LogP contribution in [0.2, 0.25) is 0 Å². The fraction of sp³-hybridized carbons (Fsp3) is 1.00. The molecule has 0 spiro atoms. The van der Waals surface area contributed by atoms with Crippen LogP contribution in [-0.2, 0) is 10.0 Å². The van der Waals surface area contributed by atoms with E-state index in [0.29, 0.717) is 0 Å². The molecule has 0 aromatic carbocycles. The predicted molar refractivity (Wildman–Crippen MR) is 44.8 cm³/mol. The van der Waals surface area contributed by atoms with Gasteiger partial charge < -0.3 is 0 Å². The lowest BCUT2D eigenvalue weighted by Crippen LogP contribution is -2.44. The Morgan fingerprint density at radius 2 is 1.64 bits per heavy atom. The van der Waals surface area contributed by atoms with Gasteiger partial charge >= 0.3 is 0 Å². The fourth-order valence-corrected chi connectivity index (χ4v) is 3.66. The summed E-state index contributed by atoms with van der Waals surface area (Å²) in [5.74, 6) is 0.229. The van der Waals surface area contributed by atoms with E-state index in [1.54, 1.807) is 0 Å². The first-order chi connectivity index (χ1) is 4.66. The van der Waals surface area contributed by atoms with Gasteiger partial charge in [0.15, 0.2) is 0 Å². The maximum Gasteiger partial charge on any atom is 0.212 e. The first-order valence-corrected chi connectivity index (χ1v) is 5.33. The number of sulfonamides is 1. The second kappa shape index (κ2) is 1.98. The highest BCUT2D eigenvalue weighted by molar-refractivity contribution is 7.89. The van der Waals surface area contributed by atoms with Gasteiger partial charge in [-0.15, -0.1) is 0 Å². The number of rotatable bonds is 0. The fourth-order valence-electron chi connectivity index (χ4n) is 1.22. The van der Waals surface area contributed by atoms with Crippen molar-refractivity contribution < 1.29 is 8.42 Å². The van der Waals surface area contributed by atoms with Crippen LogP contribution in [0.1, 0.15) is 27.7 Å². The van der Waals surface area contributed by atoms with E-state index in [-0.39, 0.29) is 16.7 Å². The van der Waals surface area contributed by atoms with Crippen LogP contribution in [0.3, 0.4) is 0 Å². The molecule has 0 amide bonds. The minimum absolute atomic E-state index is 0.175. The van der Waals surface area contributed by atoms with E-state index < -0.39 is 10.0 Å². The molecule has 0 aliphatic carbocycles. The summed E-state index contributed by atoms with van der Waals surface area (Å²) in [6.07, 6.45) is 0. The van der Waals surface area contributed by atoms with Crippen molar-refractivity contribution >= 4 is 10.0 Å². The van der Waals surface area contributed by atoms with Crippen LogP contribution in [0.15, 0.2) is 0 Å². The van der Waals surface area contributed by atoms with Crippen LogP contribution in [0.5, 0.6) is 0 Å². The summed E-state index contributed by atoms with van der Waals surface area (Å²) in [6.45, 7) is 7.75. The zero-order valence-electron chi connectivity index (χ0n) is 7.43. The van der Waals surface area contributed by atoms with E-state index in [2.05, 4.69) is 4.72 Å². The van der Waals surface area contributed by atoms with E-state index >= 15 is 0 Å². The van der Waals surface area contributed by atoms with Crippen molar-refractivity contribution in [1.82, 2.24) is 4.72 Å². The SMILES string of the molecule is CC1(C)CS(=O)(=O)NC1(C)C. The highest BCUT2D eigenvalue weighted by atomic mass is 32.2. The summed E-state index contributed by atoms with van der Waals surface area (Å²) in [6, 6.07) is 0. The van der Waals surface area contributed by atoms with E-state index in [1.807, 2.05) is 27.7 Å². The van der Waals surface area contributed by atoms with Gasteiger partial charge in [-0.05, 0) is 19.3 Å². The molecule has 0 bridgehead atoms. The maximum absolute atomic E-state index is 11.2. The Balaban J connectivity index is 3.08. The molecule has 1 N–H and O–H groups in total. The molecule has 1 fully saturated rings. The lowest BCUT2D eigenvalue weighted by molar-refractivity contribution is 0.239. The highest BCUT2D eigenvalue weighted by Gasteiger charge is 2.48. The predicted octanol–water partition coefficient (Wildman–Crippen LogP) is 0.724. The van der Waals surface area contributed by atoms with Crippen molar-refractivity contribution in [3.63, 3.8) is 0 Å². The molecule has 4 heteroatoms. The maximum atomic E-state index is 11.2. The smallest absolute Gasteiger partial charge is 0.212 e. The van der Waals surface area contributed by atoms with Gasteiger partial charge in [0, 0.05) is 5.54 Å². The van der Waals surface area contributed by atoms with Gasteiger partial charge in [0.05, 0.1) is 5.75 Å². The Morgan fingerprint density at radius 1 is 1.18 bits per heavy atom. The van der Waals surface area contributed by atoms with Crippen LogP contribution in [0, 0.1) is 5.41 Å². The zero-order valence-corrected chi connectivity index (χ0v) is 8.25. The molecule has 66 valence electrons. The lowest BCUT2D eigenvalue weighted by Gasteiger charge is -2.31.